The highest BCUT2D eigenvalue weighted by atomic mass is 15.2. The van der Waals surface area contributed by atoms with Gasteiger partial charge in [-0.1, -0.05) is 39.0 Å². The topological polar surface area (TPSA) is 15.3 Å². The van der Waals surface area contributed by atoms with E-state index < -0.39 is 0 Å². The third-order valence-electron chi connectivity index (χ3n) is 5.92. The van der Waals surface area contributed by atoms with E-state index in [1.54, 1.807) is 0 Å². The minimum absolute atomic E-state index is 0.310. The first-order chi connectivity index (χ1) is 10.2. The van der Waals surface area contributed by atoms with E-state index in [1.807, 2.05) is 0 Å². The van der Waals surface area contributed by atoms with Crippen LogP contribution in [-0.2, 0) is 0 Å². The monoisotopic (exact) mass is 294 g/mol. The van der Waals surface area contributed by atoms with Crippen molar-refractivity contribution in [1.82, 2.24) is 10.2 Å². The predicted octanol–water partition coefficient (Wildman–Crippen LogP) is 4.59. The fraction of sp³-hybridized carbons (Fsp3) is 1.00. The number of hydrogen-bond acceptors (Lipinski definition) is 2. The van der Waals surface area contributed by atoms with Crippen molar-refractivity contribution in [2.75, 3.05) is 19.6 Å². The minimum Gasteiger partial charge on any atom is -0.312 e. The lowest BCUT2D eigenvalue weighted by Crippen LogP contribution is -2.61. The molecule has 2 rings (SSSR count). The Balaban J connectivity index is 2.07. The summed E-state index contributed by atoms with van der Waals surface area (Å²) in [5.41, 5.74) is 0.310. The molecule has 2 nitrogen and oxygen atoms in total. The zero-order valence-corrected chi connectivity index (χ0v) is 14.8. The summed E-state index contributed by atoms with van der Waals surface area (Å²) in [6, 6.07) is 0.675. The fourth-order valence-electron chi connectivity index (χ4n) is 4.60. The molecule has 2 aliphatic rings. The number of nitrogens with one attached hydrogen (secondary N) is 1. The SMILES string of the molecule is CCCNC(C1CCCCCC1)C(C)(C)N1CCCCC1. The Morgan fingerprint density at radius 2 is 1.52 bits per heavy atom. The van der Waals surface area contributed by atoms with Gasteiger partial charge in [0.15, 0.2) is 0 Å². The zero-order valence-electron chi connectivity index (χ0n) is 14.8. The number of rotatable bonds is 6. The molecule has 1 heterocycles. The van der Waals surface area contributed by atoms with Crippen LogP contribution in [0.15, 0.2) is 0 Å². The molecule has 1 atom stereocenters. The van der Waals surface area contributed by atoms with E-state index in [1.165, 1.54) is 83.8 Å². The van der Waals surface area contributed by atoms with E-state index >= 15 is 0 Å². The highest BCUT2D eigenvalue weighted by molar-refractivity contribution is 4.98. The molecule has 2 fully saturated rings. The normalized spacial score (nSPS) is 24.7. The number of likely N-dealkylation sites (tertiary alicyclic amines) is 1. The van der Waals surface area contributed by atoms with Gasteiger partial charge in [-0.2, -0.15) is 0 Å². The van der Waals surface area contributed by atoms with Crippen molar-refractivity contribution in [2.24, 2.45) is 5.92 Å². The molecule has 21 heavy (non-hydrogen) atoms. The lowest BCUT2D eigenvalue weighted by Gasteiger charge is -2.49. The van der Waals surface area contributed by atoms with Gasteiger partial charge >= 0.3 is 0 Å². The first-order valence-electron chi connectivity index (χ1n) is 9.64. The first kappa shape index (κ1) is 17.3. The smallest absolute Gasteiger partial charge is 0.0308 e. The molecule has 1 saturated carbocycles. The molecule has 2 heteroatoms. The van der Waals surface area contributed by atoms with E-state index in [4.69, 9.17) is 0 Å². The molecule has 0 aromatic carbocycles. The van der Waals surface area contributed by atoms with Gasteiger partial charge in [-0.25, -0.2) is 0 Å². The highest BCUT2D eigenvalue weighted by Crippen LogP contribution is 2.34. The molecule has 0 amide bonds. The summed E-state index contributed by atoms with van der Waals surface area (Å²) in [5.74, 6) is 0.885. The van der Waals surface area contributed by atoms with Crippen LogP contribution in [0.3, 0.4) is 0 Å². The van der Waals surface area contributed by atoms with Crippen LogP contribution in [0.1, 0.15) is 85.0 Å². The molecular weight excluding hydrogens is 256 g/mol. The van der Waals surface area contributed by atoms with Gasteiger partial charge in [-0.3, -0.25) is 4.90 Å². The van der Waals surface area contributed by atoms with Crippen LogP contribution in [0.25, 0.3) is 0 Å². The summed E-state index contributed by atoms with van der Waals surface area (Å²) < 4.78 is 0. The fourth-order valence-corrected chi connectivity index (χ4v) is 4.60. The second-order valence-corrected chi connectivity index (χ2v) is 7.88. The van der Waals surface area contributed by atoms with E-state index in [0.717, 1.165) is 5.92 Å². The van der Waals surface area contributed by atoms with Gasteiger partial charge in [0.25, 0.3) is 0 Å². The summed E-state index contributed by atoms with van der Waals surface area (Å²) in [6.07, 6.45) is 14.2. The third-order valence-corrected chi connectivity index (χ3v) is 5.92. The van der Waals surface area contributed by atoms with Gasteiger partial charge in [0.05, 0.1) is 0 Å². The quantitative estimate of drug-likeness (QED) is 0.721. The van der Waals surface area contributed by atoms with Gasteiger partial charge in [0.2, 0.25) is 0 Å². The van der Waals surface area contributed by atoms with Crippen molar-refractivity contribution in [3.8, 4) is 0 Å². The number of nitrogens with zero attached hydrogens (tertiary/aromatic N) is 1. The van der Waals surface area contributed by atoms with Gasteiger partial charge in [-0.05, 0) is 71.5 Å². The van der Waals surface area contributed by atoms with E-state index in [0.29, 0.717) is 11.6 Å². The van der Waals surface area contributed by atoms with Crippen LogP contribution in [0.5, 0.6) is 0 Å². The van der Waals surface area contributed by atoms with Crippen LogP contribution in [-0.4, -0.2) is 36.1 Å². The predicted molar refractivity (Wildman–Crippen MR) is 92.8 cm³/mol. The Hall–Kier alpha value is -0.0800. The van der Waals surface area contributed by atoms with E-state index in [2.05, 4.69) is 31.0 Å². The van der Waals surface area contributed by atoms with Crippen molar-refractivity contribution in [3.63, 3.8) is 0 Å². The second kappa shape index (κ2) is 8.53. The van der Waals surface area contributed by atoms with Gasteiger partial charge in [-0.15, -0.1) is 0 Å². The van der Waals surface area contributed by atoms with Crippen molar-refractivity contribution < 1.29 is 0 Å². The van der Waals surface area contributed by atoms with E-state index in [9.17, 15) is 0 Å². The lowest BCUT2D eigenvalue weighted by molar-refractivity contribution is 0.0368. The maximum atomic E-state index is 3.96. The van der Waals surface area contributed by atoms with Gasteiger partial charge in [0, 0.05) is 11.6 Å². The second-order valence-electron chi connectivity index (χ2n) is 7.88. The first-order valence-corrected chi connectivity index (χ1v) is 9.64. The van der Waals surface area contributed by atoms with Crippen LogP contribution < -0.4 is 5.32 Å². The van der Waals surface area contributed by atoms with Gasteiger partial charge in [0.1, 0.15) is 0 Å². The van der Waals surface area contributed by atoms with Crippen molar-refractivity contribution in [3.05, 3.63) is 0 Å². The Morgan fingerprint density at radius 3 is 2.10 bits per heavy atom. The molecule has 0 aromatic heterocycles. The molecule has 124 valence electrons. The molecule has 1 aliphatic heterocycles. The summed E-state index contributed by atoms with van der Waals surface area (Å²) in [6.45, 7) is 11.1. The highest BCUT2D eigenvalue weighted by Gasteiger charge is 2.39. The summed E-state index contributed by atoms with van der Waals surface area (Å²) in [5, 5.41) is 3.96. The third kappa shape index (κ3) is 4.69. The van der Waals surface area contributed by atoms with Crippen LogP contribution in [0.4, 0.5) is 0 Å². The molecule has 0 aromatic rings. The zero-order chi connectivity index (χ0) is 15.1. The maximum absolute atomic E-state index is 3.96. The van der Waals surface area contributed by atoms with Crippen molar-refractivity contribution >= 4 is 0 Å². The average molecular weight is 295 g/mol. The lowest BCUT2D eigenvalue weighted by atomic mass is 9.78. The van der Waals surface area contributed by atoms with Crippen molar-refractivity contribution in [1.29, 1.82) is 0 Å². The van der Waals surface area contributed by atoms with Crippen LogP contribution in [0.2, 0.25) is 0 Å². The summed E-state index contributed by atoms with van der Waals surface area (Å²) >= 11 is 0. The molecule has 1 saturated heterocycles. The van der Waals surface area contributed by atoms with Crippen LogP contribution in [0, 0.1) is 5.92 Å². The molecule has 0 radical (unpaired) electrons. The standard InChI is InChI=1S/C19H38N2/c1-4-14-20-18(17-12-8-5-6-9-13-17)19(2,3)21-15-10-7-11-16-21/h17-18,20H,4-16H2,1-3H3. The maximum Gasteiger partial charge on any atom is 0.0308 e. The van der Waals surface area contributed by atoms with E-state index in [-0.39, 0.29) is 0 Å². The Morgan fingerprint density at radius 1 is 0.952 bits per heavy atom. The van der Waals surface area contributed by atoms with Crippen LogP contribution >= 0.6 is 0 Å². The summed E-state index contributed by atoms with van der Waals surface area (Å²) in [4.78, 5) is 2.79. The summed E-state index contributed by atoms with van der Waals surface area (Å²) in [7, 11) is 0. The molecule has 1 N–H and O–H groups in total. The molecular formula is C19H38N2. The molecule has 0 spiro atoms. The van der Waals surface area contributed by atoms with Gasteiger partial charge < -0.3 is 5.32 Å². The molecule has 0 bridgehead atoms. The number of hydrogen-bond donors (Lipinski definition) is 1. The molecule has 1 unspecified atom stereocenters. The Kier molecular flexibility index (Phi) is 7.01. The molecule has 1 aliphatic carbocycles. The largest absolute Gasteiger partial charge is 0.312 e. The Labute approximate surface area is 133 Å². The Bertz CT molecular complexity index is 273. The average Bonchev–Trinajstić information content (AvgIpc) is 2.77. The minimum atomic E-state index is 0.310. The number of piperidine rings is 1. The van der Waals surface area contributed by atoms with Crippen molar-refractivity contribution in [2.45, 2.75) is 96.6 Å².